The quantitative estimate of drug-likeness (QED) is 0.260. The normalized spacial score (nSPS) is 18.8. The van der Waals surface area contributed by atoms with Gasteiger partial charge in [0.15, 0.2) is 5.78 Å². The Morgan fingerprint density at radius 1 is 1.06 bits per heavy atom. The van der Waals surface area contributed by atoms with Gasteiger partial charge in [0, 0.05) is 17.6 Å². The molecule has 0 spiro atoms. The third kappa shape index (κ3) is 5.04. The minimum absolute atomic E-state index is 0.00477. The van der Waals surface area contributed by atoms with Crippen LogP contribution in [0.2, 0.25) is 0 Å². The van der Waals surface area contributed by atoms with Gasteiger partial charge in [-0.05, 0) is 31.2 Å². The number of benzene rings is 2. The highest BCUT2D eigenvalue weighted by atomic mass is 16.6. The van der Waals surface area contributed by atoms with Gasteiger partial charge in [0.25, 0.3) is 0 Å². The molecule has 0 aromatic heterocycles. The molecule has 0 bridgehead atoms. The zero-order chi connectivity index (χ0) is 24.1. The number of phenols is 2. The summed E-state index contributed by atoms with van der Waals surface area (Å²) in [5, 5.41) is 30.2. The molecule has 33 heavy (non-hydrogen) atoms. The van der Waals surface area contributed by atoms with E-state index in [1.165, 1.54) is 37.5 Å². The van der Waals surface area contributed by atoms with Crippen molar-refractivity contribution < 1.29 is 43.9 Å². The minimum Gasteiger partial charge on any atom is -0.507 e. The number of aliphatic hydroxyl groups is 1. The van der Waals surface area contributed by atoms with Crippen molar-refractivity contribution in [2.24, 2.45) is 5.92 Å². The number of methoxy groups -OCH3 is 1. The highest BCUT2D eigenvalue weighted by molar-refractivity contribution is 6.12. The third-order valence-corrected chi connectivity index (χ3v) is 5.13. The number of aromatic hydroxyl groups is 2. The van der Waals surface area contributed by atoms with Gasteiger partial charge in [-0.1, -0.05) is 18.2 Å². The number of rotatable bonds is 6. The monoisotopic (exact) mass is 454 g/mol. The van der Waals surface area contributed by atoms with Crippen LogP contribution in [0, 0.1) is 5.92 Å². The molecule has 2 atom stereocenters. The summed E-state index contributed by atoms with van der Waals surface area (Å²) < 4.78 is 15.1. The Kier molecular flexibility index (Phi) is 7.14. The van der Waals surface area contributed by atoms with Gasteiger partial charge in [0.1, 0.15) is 17.2 Å². The molecule has 9 nitrogen and oxygen atoms in total. The van der Waals surface area contributed by atoms with Gasteiger partial charge in [-0.3, -0.25) is 9.59 Å². The maximum absolute atomic E-state index is 12.8. The fraction of sp³-hybridized carbons (Fsp3) is 0.208. The number of phenolic OH excluding ortho intramolecular Hbond substituents is 2. The fourth-order valence-electron chi connectivity index (χ4n) is 3.41. The van der Waals surface area contributed by atoms with Gasteiger partial charge >= 0.3 is 11.9 Å². The van der Waals surface area contributed by atoms with Crippen LogP contribution in [0.15, 0.2) is 65.9 Å². The molecule has 0 saturated carbocycles. The van der Waals surface area contributed by atoms with Gasteiger partial charge in [-0.2, -0.15) is 0 Å². The van der Waals surface area contributed by atoms with E-state index in [2.05, 4.69) is 4.74 Å². The van der Waals surface area contributed by atoms with E-state index < -0.39 is 35.7 Å². The van der Waals surface area contributed by atoms with Crippen molar-refractivity contribution in [2.45, 2.75) is 19.6 Å². The number of allylic oxidation sites excluding steroid dienone is 1. The predicted octanol–water partition coefficient (Wildman–Crippen LogP) is 2.59. The lowest BCUT2D eigenvalue weighted by Crippen LogP contribution is -2.32. The maximum Gasteiger partial charge on any atom is 0.343 e. The van der Waals surface area contributed by atoms with Crippen LogP contribution in [0.3, 0.4) is 0 Å². The van der Waals surface area contributed by atoms with E-state index in [-0.39, 0.29) is 34.6 Å². The van der Waals surface area contributed by atoms with E-state index in [1.54, 1.807) is 19.1 Å². The van der Waals surface area contributed by atoms with E-state index >= 15 is 0 Å². The number of ketones is 1. The average molecular weight is 454 g/mol. The van der Waals surface area contributed by atoms with Crippen LogP contribution < -0.4 is 4.74 Å². The molecule has 0 radical (unpaired) electrons. The van der Waals surface area contributed by atoms with Crippen LogP contribution in [-0.4, -0.2) is 46.4 Å². The Labute approximate surface area is 189 Å². The van der Waals surface area contributed by atoms with Crippen molar-refractivity contribution in [3.05, 3.63) is 77.1 Å². The Bertz CT molecular complexity index is 1150. The first-order valence-electron chi connectivity index (χ1n) is 9.91. The molecule has 9 heteroatoms. The highest BCUT2D eigenvalue weighted by Crippen LogP contribution is 2.34. The number of hydrogen-bond donors (Lipinski definition) is 3. The predicted molar refractivity (Wildman–Crippen MR) is 114 cm³/mol. The summed E-state index contributed by atoms with van der Waals surface area (Å²) in [6.07, 6.45) is 0.995. The summed E-state index contributed by atoms with van der Waals surface area (Å²) >= 11 is 0. The molecule has 0 aliphatic carbocycles. The molecular weight excluding hydrogens is 432 g/mol. The maximum atomic E-state index is 12.8. The number of ether oxygens (including phenoxy) is 3. The van der Waals surface area contributed by atoms with Crippen LogP contribution in [0.5, 0.6) is 17.2 Å². The van der Waals surface area contributed by atoms with Crippen molar-refractivity contribution in [3.63, 3.8) is 0 Å². The summed E-state index contributed by atoms with van der Waals surface area (Å²) in [5.41, 5.74) is 0.165. The molecule has 0 fully saturated rings. The van der Waals surface area contributed by atoms with E-state index in [1.807, 2.05) is 0 Å². The van der Waals surface area contributed by atoms with Gasteiger partial charge in [-0.25, -0.2) is 4.79 Å². The number of para-hydroxylation sites is 1. The first-order chi connectivity index (χ1) is 15.8. The lowest BCUT2D eigenvalue weighted by Gasteiger charge is -2.28. The number of esters is 2. The minimum atomic E-state index is -1.33. The molecule has 172 valence electrons. The Morgan fingerprint density at radius 2 is 1.76 bits per heavy atom. The second-order valence-corrected chi connectivity index (χ2v) is 7.10. The van der Waals surface area contributed by atoms with Crippen LogP contribution in [0.25, 0.3) is 0 Å². The van der Waals surface area contributed by atoms with Crippen molar-refractivity contribution in [1.29, 1.82) is 0 Å². The molecule has 1 aliphatic heterocycles. The van der Waals surface area contributed by atoms with Gasteiger partial charge in [0.05, 0.1) is 36.5 Å². The molecule has 2 aromatic carbocycles. The summed E-state index contributed by atoms with van der Waals surface area (Å²) in [7, 11) is 1.20. The molecule has 1 heterocycles. The fourth-order valence-corrected chi connectivity index (χ4v) is 3.41. The lowest BCUT2D eigenvalue weighted by atomic mass is 9.86. The van der Waals surface area contributed by atoms with Gasteiger partial charge in [-0.15, -0.1) is 0 Å². The van der Waals surface area contributed by atoms with E-state index in [9.17, 15) is 29.7 Å². The molecule has 1 aliphatic rings. The molecule has 0 saturated heterocycles. The topological polar surface area (TPSA) is 140 Å². The summed E-state index contributed by atoms with van der Waals surface area (Å²) in [5.74, 6) is -3.70. The third-order valence-electron chi connectivity index (χ3n) is 5.13. The summed E-state index contributed by atoms with van der Waals surface area (Å²) in [6.45, 7) is 1.62. The van der Waals surface area contributed by atoms with Crippen LogP contribution in [-0.2, 0) is 19.1 Å². The Balaban J connectivity index is 1.83. The Morgan fingerprint density at radius 3 is 2.39 bits per heavy atom. The SMILES string of the molecule is C/C=C1\C(O)OC=C(C(=O)Oc2ccc(C(=O)c3ccccc3O)c(O)c2)C1CC(=O)OC. The molecule has 2 aromatic rings. The average Bonchev–Trinajstić information content (AvgIpc) is 2.79. The number of hydrogen-bond acceptors (Lipinski definition) is 9. The van der Waals surface area contributed by atoms with Crippen molar-refractivity contribution in [3.8, 4) is 17.2 Å². The largest absolute Gasteiger partial charge is 0.507 e. The van der Waals surface area contributed by atoms with Crippen LogP contribution in [0.4, 0.5) is 0 Å². The van der Waals surface area contributed by atoms with Crippen LogP contribution >= 0.6 is 0 Å². The zero-order valence-corrected chi connectivity index (χ0v) is 17.8. The zero-order valence-electron chi connectivity index (χ0n) is 17.8. The number of aliphatic hydroxyl groups excluding tert-OH is 1. The molecule has 3 N–H and O–H groups in total. The highest BCUT2D eigenvalue weighted by Gasteiger charge is 2.36. The first kappa shape index (κ1) is 23.6. The van der Waals surface area contributed by atoms with Gasteiger partial charge in [0.2, 0.25) is 6.29 Å². The molecular formula is C24H22O9. The van der Waals surface area contributed by atoms with E-state index in [0.29, 0.717) is 5.57 Å². The lowest BCUT2D eigenvalue weighted by molar-refractivity contribution is -0.141. The van der Waals surface area contributed by atoms with Gasteiger partial charge < -0.3 is 29.5 Å². The Hall–Kier alpha value is -4.11. The van der Waals surface area contributed by atoms with Crippen LogP contribution in [0.1, 0.15) is 29.3 Å². The summed E-state index contributed by atoms with van der Waals surface area (Å²) in [6, 6.07) is 9.53. The number of carbonyl (C=O) groups is 3. The smallest absolute Gasteiger partial charge is 0.343 e. The van der Waals surface area contributed by atoms with E-state index in [0.717, 1.165) is 12.3 Å². The molecule has 0 amide bonds. The number of carbonyl (C=O) groups excluding carboxylic acids is 3. The second-order valence-electron chi connectivity index (χ2n) is 7.10. The van der Waals surface area contributed by atoms with Crippen molar-refractivity contribution in [1.82, 2.24) is 0 Å². The standard InChI is InChI=1S/C24H22O9/c1-3-14-17(11-21(27)31-2)18(12-32-23(14)29)24(30)33-13-8-9-16(20(26)10-13)22(28)15-6-4-5-7-19(15)25/h3-10,12,17,23,25-26,29H,11H2,1-2H3/b14-3-. The first-order valence-corrected chi connectivity index (χ1v) is 9.91. The molecule has 3 rings (SSSR count). The molecule has 2 unspecified atom stereocenters. The summed E-state index contributed by atoms with van der Waals surface area (Å²) in [4.78, 5) is 37.2. The second kappa shape index (κ2) is 10.0. The van der Waals surface area contributed by atoms with Crippen molar-refractivity contribution in [2.75, 3.05) is 7.11 Å². The van der Waals surface area contributed by atoms with Crippen molar-refractivity contribution >= 4 is 17.7 Å². The van der Waals surface area contributed by atoms with E-state index in [4.69, 9.17) is 9.47 Å².